The highest BCUT2D eigenvalue weighted by Gasteiger charge is 2.36. The zero-order chi connectivity index (χ0) is 18.3. The number of thiophene rings is 1. The van der Waals surface area contributed by atoms with E-state index in [9.17, 15) is 13.2 Å². The summed E-state index contributed by atoms with van der Waals surface area (Å²) in [6.07, 6.45) is -4.38. The van der Waals surface area contributed by atoms with Crippen LogP contribution in [-0.2, 0) is 12.7 Å². The summed E-state index contributed by atoms with van der Waals surface area (Å²) in [5, 5.41) is 4.47. The Kier molecular flexibility index (Phi) is 5.53. The number of piperazine rings is 1. The minimum Gasteiger partial charge on any atom is -0.368 e. The monoisotopic (exact) mass is 395 g/mol. The molecule has 0 radical (unpaired) electrons. The summed E-state index contributed by atoms with van der Waals surface area (Å²) in [7, 11) is 2.07. The number of likely N-dealkylation sites (N-methyl/N-ethyl adjacent to an activating group) is 1. The van der Waals surface area contributed by atoms with Crippen molar-refractivity contribution in [3.8, 4) is 0 Å². The topological polar surface area (TPSA) is 11.4 Å². The standard InChI is InChI=1S/C19H20F3N3S.CH4/c1-23-6-8-24(9-7-23)16-3-2-4-17-15(16)11-18(19(20,21)22)25(17)12-14-5-10-26-13-14;/h2-5,10-11,13H,6-9,12H2,1H3;1H4. The van der Waals surface area contributed by atoms with Gasteiger partial charge in [0.15, 0.2) is 0 Å². The lowest BCUT2D eigenvalue weighted by molar-refractivity contribution is -0.143. The molecule has 1 aliphatic rings. The van der Waals surface area contributed by atoms with Crippen LogP contribution >= 0.6 is 11.3 Å². The molecule has 2 aromatic heterocycles. The minimum atomic E-state index is -4.38. The van der Waals surface area contributed by atoms with Gasteiger partial charge in [-0.15, -0.1) is 0 Å². The van der Waals surface area contributed by atoms with Gasteiger partial charge in [-0.3, -0.25) is 0 Å². The molecule has 1 fully saturated rings. The molecule has 7 heteroatoms. The molecule has 1 saturated heterocycles. The largest absolute Gasteiger partial charge is 0.431 e. The summed E-state index contributed by atoms with van der Waals surface area (Å²) in [4.78, 5) is 4.43. The highest BCUT2D eigenvalue weighted by molar-refractivity contribution is 7.07. The average molecular weight is 395 g/mol. The zero-order valence-electron chi connectivity index (χ0n) is 14.5. The maximum atomic E-state index is 13.7. The normalized spacial score (nSPS) is 15.9. The van der Waals surface area contributed by atoms with E-state index in [-0.39, 0.29) is 14.0 Å². The molecule has 0 N–H and O–H groups in total. The van der Waals surface area contributed by atoms with Crippen molar-refractivity contribution in [2.45, 2.75) is 20.1 Å². The first-order valence-electron chi connectivity index (χ1n) is 8.57. The molecule has 0 aliphatic carbocycles. The van der Waals surface area contributed by atoms with Crippen molar-refractivity contribution >= 4 is 27.9 Å². The van der Waals surface area contributed by atoms with E-state index in [4.69, 9.17) is 0 Å². The smallest absolute Gasteiger partial charge is 0.368 e. The number of alkyl halides is 3. The van der Waals surface area contributed by atoms with Gasteiger partial charge < -0.3 is 14.4 Å². The van der Waals surface area contributed by atoms with Crippen molar-refractivity contribution in [3.05, 3.63) is 52.3 Å². The molecular weight excluding hydrogens is 371 g/mol. The Labute approximate surface area is 161 Å². The van der Waals surface area contributed by atoms with E-state index in [1.807, 2.05) is 29.0 Å². The van der Waals surface area contributed by atoms with Gasteiger partial charge in [0.05, 0.1) is 5.52 Å². The van der Waals surface area contributed by atoms with Gasteiger partial charge in [0.1, 0.15) is 5.69 Å². The van der Waals surface area contributed by atoms with Crippen molar-refractivity contribution in [2.24, 2.45) is 0 Å². The first-order chi connectivity index (χ1) is 12.4. The van der Waals surface area contributed by atoms with E-state index < -0.39 is 11.9 Å². The molecule has 0 bridgehead atoms. The Hall–Kier alpha value is -1.99. The third-order valence-electron chi connectivity index (χ3n) is 4.98. The highest BCUT2D eigenvalue weighted by Crippen LogP contribution is 2.38. The second-order valence-electron chi connectivity index (χ2n) is 6.75. The predicted octanol–water partition coefficient (Wildman–Crippen LogP) is 5.16. The van der Waals surface area contributed by atoms with Gasteiger partial charge in [0, 0.05) is 43.8 Å². The molecule has 4 rings (SSSR count). The first-order valence-corrected chi connectivity index (χ1v) is 9.52. The SMILES string of the molecule is C.CN1CCN(c2cccc3c2cc(C(F)(F)F)n3Cc2ccsc2)CC1. The summed E-state index contributed by atoms with van der Waals surface area (Å²) < 4.78 is 42.5. The molecule has 3 aromatic rings. The van der Waals surface area contributed by atoms with E-state index >= 15 is 0 Å². The summed E-state index contributed by atoms with van der Waals surface area (Å²) >= 11 is 1.50. The Balaban J connectivity index is 0.00000210. The van der Waals surface area contributed by atoms with E-state index in [0.29, 0.717) is 10.9 Å². The maximum Gasteiger partial charge on any atom is 0.431 e. The van der Waals surface area contributed by atoms with Crippen LogP contribution in [-0.4, -0.2) is 42.7 Å². The number of rotatable bonds is 3. The Morgan fingerprint density at radius 2 is 1.81 bits per heavy atom. The number of benzene rings is 1. The van der Waals surface area contributed by atoms with E-state index in [0.717, 1.165) is 37.4 Å². The molecule has 0 atom stereocenters. The number of nitrogens with zero attached hydrogens (tertiary/aromatic N) is 3. The quantitative estimate of drug-likeness (QED) is 0.607. The van der Waals surface area contributed by atoms with Gasteiger partial charge >= 0.3 is 6.18 Å². The van der Waals surface area contributed by atoms with Gasteiger partial charge in [0.25, 0.3) is 0 Å². The number of hydrogen-bond acceptors (Lipinski definition) is 3. The molecule has 1 aromatic carbocycles. The third-order valence-corrected chi connectivity index (χ3v) is 5.71. The van der Waals surface area contributed by atoms with Crippen molar-refractivity contribution < 1.29 is 13.2 Å². The average Bonchev–Trinajstić information content (AvgIpc) is 3.24. The van der Waals surface area contributed by atoms with Crippen molar-refractivity contribution in [1.82, 2.24) is 9.47 Å². The van der Waals surface area contributed by atoms with Gasteiger partial charge in [-0.2, -0.15) is 24.5 Å². The van der Waals surface area contributed by atoms with Crippen LogP contribution in [0.25, 0.3) is 10.9 Å². The summed E-state index contributed by atoms with van der Waals surface area (Å²) in [6, 6.07) is 8.77. The Morgan fingerprint density at radius 3 is 2.44 bits per heavy atom. The maximum absolute atomic E-state index is 13.7. The Bertz CT molecular complexity index is 891. The minimum absolute atomic E-state index is 0. The second kappa shape index (κ2) is 7.56. The molecular formula is C20H24F3N3S. The van der Waals surface area contributed by atoms with Crippen LogP contribution in [0.15, 0.2) is 41.1 Å². The fraction of sp³-hybridized carbons (Fsp3) is 0.400. The molecule has 0 unspecified atom stereocenters. The van der Waals surface area contributed by atoms with Gasteiger partial charge in [-0.25, -0.2) is 0 Å². The van der Waals surface area contributed by atoms with E-state index in [2.05, 4.69) is 16.8 Å². The lowest BCUT2D eigenvalue weighted by atomic mass is 10.1. The molecule has 1 aliphatic heterocycles. The molecule has 0 saturated carbocycles. The van der Waals surface area contributed by atoms with Crippen LogP contribution in [0.4, 0.5) is 18.9 Å². The van der Waals surface area contributed by atoms with Crippen LogP contribution in [0.5, 0.6) is 0 Å². The molecule has 27 heavy (non-hydrogen) atoms. The van der Waals surface area contributed by atoms with Gasteiger partial charge in [-0.1, -0.05) is 13.5 Å². The fourth-order valence-corrected chi connectivity index (χ4v) is 4.22. The lowest BCUT2D eigenvalue weighted by Crippen LogP contribution is -2.44. The zero-order valence-corrected chi connectivity index (χ0v) is 15.3. The molecule has 0 amide bonds. The number of fused-ring (bicyclic) bond motifs is 1. The highest BCUT2D eigenvalue weighted by atomic mass is 32.1. The van der Waals surface area contributed by atoms with E-state index in [1.165, 1.54) is 22.0 Å². The molecule has 0 spiro atoms. The Morgan fingerprint density at radius 1 is 1.07 bits per heavy atom. The molecule has 146 valence electrons. The summed E-state index contributed by atoms with van der Waals surface area (Å²) in [5.74, 6) is 0. The van der Waals surface area contributed by atoms with E-state index in [1.54, 1.807) is 6.07 Å². The number of hydrogen-bond donors (Lipinski definition) is 0. The van der Waals surface area contributed by atoms with Crippen LogP contribution in [0.3, 0.4) is 0 Å². The second-order valence-corrected chi connectivity index (χ2v) is 7.53. The summed E-state index contributed by atoms with van der Waals surface area (Å²) in [5.41, 5.74) is 1.84. The number of anilines is 1. The summed E-state index contributed by atoms with van der Waals surface area (Å²) in [6.45, 7) is 3.71. The van der Waals surface area contributed by atoms with Crippen molar-refractivity contribution in [2.75, 3.05) is 38.1 Å². The van der Waals surface area contributed by atoms with Crippen LogP contribution in [0.2, 0.25) is 0 Å². The van der Waals surface area contributed by atoms with Crippen LogP contribution in [0.1, 0.15) is 18.7 Å². The van der Waals surface area contributed by atoms with Gasteiger partial charge in [-0.05, 0) is 47.6 Å². The lowest BCUT2D eigenvalue weighted by Gasteiger charge is -2.34. The van der Waals surface area contributed by atoms with Crippen LogP contribution < -0.4 is 4.90 Å². The number of halogens is 3. The molecule has 3 nitrogen and oxygen atoms in total. The van der Waals surface area contributed by atoms with Gasteiger partial charge in [0.2, 0.25) is 0 Å². The van der Waals surface area contributed by atoms with Crippen molar-refractivity contribution in [1.29, 1.82) is 0 Å². The van der Waals surface area contributed by atoms with Crippen LogP contribution in [0, 0.1) is 0 Å². The number of aromatic nitrogens is 1. The fourth-order valence-electron chi connectivity index (χ4n) is 3.56. The third kappa shape index (κ3) is 3.84. The first kappa shape index (κ1) is 19.8. The predicted molar refractivity (Wildman–Crippen MR) is 107 cm³/mol. The van der Waals surface area contributed by atoms with Crippen molar-refractivity contribution in [3.63, 3.8) is 0 Å². The molecule has 3 heterocycles.